The van der Waals surface area contributed by atoms with Gasteiger partial charge in [-0.3, -0.25) is 9.98 Å². The van der Waals surface area contributed by atoms with Crippen LogP contribution in [0.1, 0.15) is 12.8 Å². The Labute approximate surface area is 154 Å². The number of pyridine rings is 1. The molecule has 1 aliphatic carbocycles. The first-order valence-electron chi connectivity index (χ1n) is 7.13. The fourth-order valence-electron chi connectivity index (χ4n) is 2.08. The van der Waals surface area contributed by atoms with E-state index in [9.17, 15) is 8.42 Å². The van der Waals surface area contributed by atoms with E-state index in [2.05, 4.69) is 37.5 Å². The molecule has 0 atom stereocenters. The highest BCUT2D eigenvalue weighted by Gasteiger charge is 2.14. The molecule has 3 N–H and O–H groups in total. The Balaban J connectivity index is 0.00000264. The van der Waals surface area contributed by atoms with Crippen LogP contribution in [-0.4, -0.2) is 45.5 Å². The largest absolute Gasteiger partial charge is 0.355 e. The Morgan fingerprint density at radius 1 is 1.35 bits per heavy atom. The van der Waals surface area contributed by atoms with Gasteiger partial charge < -0.3 is 10.6 Å². The lowest BCUT2D eigenvalue weighted by molar-refractivity contribution is 0.579. The number of rotatable bonds is 6. The first-order valence-corrected chi connectivity index (χ1v) is 8.62. The molecule has 1 heterocycles. The van der Waals surface area contributed by atoms with Gasteiger partial charge in [-0.2, -0.15) is 0 Å². The number of aliphatic imine (C=N–C) groups is 1. The minimum atomic E-state index is -3.51. The molecule has 7 nitrogen and oxygen atoms in total. The fraction of sp³-hybridized carbons (Fsp3) is 0.429. The zero-order valence-corrected chi connectivity index (χ0v) is 16.0. The van der Waals surface area contributed by atoms with Crippen LogP contribution in [0.5, 0.6) is 0 Å². The van der Waals surface area contributed by atoms with Gasteiger partial charge in [0.2, 0.25) is 10.0 Å². The molecule has 2 rings (SSSR count). The summed E-state index contributed by atoms with van der Waals surface area (Å²) in [6.07, 6.45) is 9.08. The van der Waals surface area contributed by atoms with Gasteiger partial charge in [0, 0.05) is 38.6 Å². The van der Waals surface area contributed by atoms with Gasteiger partial charge in [-0.1, -0.05) is 12.2 Å². The minimum Gasteiger partial charge on any atom is -0.355 e. The van der Waals surface area contributed by atoms with E-state index in [0.29, 0.717) is 18.5 Å². The van der Waals surface area contributed by atoms with Crippen LogP contribution in [0, 0.1) is 0 Å². The van der Waals surface area contributed by atoms with Gasteiger partial charge in [-0.15, -0.1) is 24.0 Å². The molecule has 0 spiro atoms. The number of hydrogen-bond acceptors (Lipinski definition) is 4. The highest BCUT2D eigenvalue weighted by atomic mass is 127. The molecule has 9 heteroatoms. The van der Waals surface area contributed by atoms with E-state index in [1.165, 1.54) is 18.5 Å². The Bertz CT molecular complexity index is 626. The summed E-state index contributed by atoms with van der Waals surface area (Å²) in [7, 11) is -1.82. The number of nitrogens with zero attached hydrogens (tertiary/aromatic N) is 2. The molecule has 0 aliphatic heterocycles. The maximum atomic E-state index is 12.0. The number of nitrogens with one attached hydrogen (secondary N) is 3. The highest BCUT2D eigenvalue weighted by Crippen LogP contribution is 2.08. The van der Waals surface area contributed by atoms with Crippen molar-refractivity contribution in [1.82, 2.24) is 20.3 Å². The summed E-state index contributed by atoms with van der Waals surface area (Å²) >= 11 is 0. The third kappa shape index (κ3) is 6.43. The maximum absolute atomic E-state index is 12.0. The predicted molar refractivity (Wildman–Crippen MR) is 101 cm³/mol. The maximum Gasteiger partial charge on any atom is 0.242 e. The summed E-state index contributed by atoms with van der Waals surface area (Å²) in [4.78, 5) is 8.09. The molecule has 23 heavy (non-hydrogen) atoms. The Morgan fingerprint density at radius 2 is 2.09 bits per heavy atom. The highest BCUT2D eigenvalue weighted by molar-refractivity contribution is 14.0. The van der Waals surface area contributed by atoms with Gasteiger partial charge in [0.05, 0.1) is 0 Å². The molecule has 0 fully saturated rings. The van der Waals surface area contributed by atoms with E-state index in [0.717, 1.165) is 12.8 Å². The van der Waals surface area contributed by atoms with Crippen molar-refractivity contribution in [2.45, 2.75) is 23.8 Å². The summed E-state index contributed by atoms with van der Waals surface area (Å²) in [5, 5.41) is 6.37. The topological polar surface area (TPSA) is 95.5 Å². The van der Waals surface area contributed by atoms with E-state index in [1.54, 1.807) is 13.1 Å². The predicted octanol–water partition coefficient (Wildman–Crippen LogP) is 0.862. The number of halogens is 1. The molecule has 128 valence electrons. The van der Waals surface area contributed by atoms with Crippen molar-refractivity contribution in [3.8, 4) is 0 Å². The summed E-state index contributed by atoms with van der Waals surface area (Å²) < 4.78 is 26.5. The molecule has 0 aromatic carbocycles. The van der Waals surface area contributed by atoms with Gasteiger partial charge in [0.15, 0.2) is 5.96 Å². The molecule has 1 aromatic rings. The molecule has 0 radical (unpaired) electrons. The van der Waals surface area contributed by atoms with Crippen LogP contribution in [0.2, 0.25) is 0 Å². The van der Waals surface area contributed by atoms with E-state index in [1.807, 2.05) is 0 Å². The van der Waals surface area contributed by atoms with Crippen LogP contribution in [0.15, 0.2) is 46.6 Å². The second-order valence-corrected chi connectivity index (χ2v) is 6.64. The van der Waals surface area contributed by atoms with Crippen molar-refractivity contribution in [3.63, 3.8) is 0 Å². The number of sulfonamides is 1. The average molecular weight is 451 g/mol. The van der Waals surface area contributed by atoms with Crippen molar-refractivity contribution < 1.29 is 8.42 Å². The van der Waals surface area contributed by atoms with Crippen LogP contribution < -0.4 is 15.4 Å². The molecule has 0 saturated heterocycles. The normalized spacial score (nSPS) is 15.3. The van der Waals surface area contributed by atoms with E-state index < -0.39 is 10.0 Å². The Morgan fingerprint density at radius 3 is 2.70 bits per heavy atom. The lowest BCUT2D eigenvalue weighted by atomic mass is 10.2. The van der Waals surface area contributed by atoms with Gasteiger partial charge in [0.1, 0.15) is 4.90 Å². The first kappa shape index (κ1) is 19.8. The van der Waals surface area contributed by atoms with Gasteiger partial charge >= 0.3 is 0 Å². The summed E-state index contributed by atoms with van der Waals surface area (Å²) in [6, 6.07) is 3.46. The summed E-state index contributed by atoms with van der Waals surface area (Å²) in [5.41, 5.74) is 0. The second kappa shape index (κ2) is 9.83. The molecule has 0 bridgehead atoms. The zero-order valence-electron chi connectivity index (χ0n) is 12.9. The average Bonchev–Trinajstić information content (AvgIpc) is 3.04. The summed E-state index contributed by atoms with van der Waals surface area (Å²) in [5.74, 6) is 0.675. The lowest BCUT2D eigenvalue weighted by Crippen LogP contribution is -2.45. The second-order valence-electron chi connectivity index (χ2n) is 4.87. The van der Waals surface area contributed by atoms with Crippen LogP contribution in [-0.2, 0) is 10.0 Å². The Hall–Kier alpha value is -1.20. The number of hydrogen-bond donors (Lipinski definition) is 3. The smallest absolute Gasteiger partial charge is 0.242 e. The van der Waals surface area contributed by atoms with Crippen LogP contribution in [0.4, 0.5) is 0 Å². The molecular weight excluding hydrogens is 429 g/mol. The standard InChI is InChI=1S/C14H21N5O2S.HI/c1-15-14(19-12-5-2-3-6-12)17-9-10-18-22(20,21)13-7-4-8-16-11-13;/h2-4,7-8,11-12,18H,5-6,9-10H2,1H3,(H2,15,17,19);1H. The fourth-order valence-corrected chi connectivity index (χ4v) is 3.07. The van der Waals surface area contributed by atoms with Crippen molar-refractivity contribution in [2.75, 3.05) is 20.1 Å². The van der Waals surface area contributed by atoms with Gasteiger partial charge in [0.25, 0.3) is 0 Å². The molecule has 0 unspecified atom stereocenters. The third-order valence-corrected chi connectivity index (χ3v) is 4.67. The zero-order chi connectivity index (χ0) is 15.8. The monoisotopic (exact) mass is 451 g/mol. The van der Waals surface area contributed by atoms with Crippen LogP contribution in [0.3, 0.4) is 0 Å². The summed E-state index contributed by atoms with van der Waals surface area (Å²) in [6.45, 7) is 0.708. The van der Waals surface area contributed by atoms with Crippen molar-refractivity contribution >= 4 is 40.0 Å². The van der Waals surface area contributed by atoms with E-state index in [4.69, 9.17) is 0 Å². The lowest BCUT2D eigenvalue weighted by Gasteiger charge is -2.17. The Kier molecular flexibility index (Phi) is 8.48. The van der Waals surface area contributed by atoms with Crippen molar-refractivity contribution in [1.29, 1.82) is 0 Å². The molecule has 1 aliphatic rings. The molecular formula is C14H22IN5O2S. The van der Waals surface area contributed by atoms with Crippen LogP contribution >= 0.6 is 24.0 Å². The molecule has 1 aromatic heterocycles. The van der Waals surface area contributed by atoms with Crippen molar-refractivity contribution in [2.24, 2.45) is 4.99 Å². The minimum absolute atomic E-state index is 0. The van der Waals surface area contributed by atoms with Crippen molar-refractivity contribution in [3.05, 3.63) is 36.7 Å². The molecule has 0 saturated carbocycles. The van der Waals surface area contributed by atoms with E-state index in [-0.39, 0.29) is 35.4 Å². The van der Waals surface area contributed by atoms with Gasteiger partial charge in [-0.05, 0) is 25.0 Å². The van der Waals surface area contributed by atoms with Crippen LogP contribution in [0.25, 0.3) is 0 Å². The third-order valence-electron chi connectivity index (χ3n) is 3.23. The quantitative estimate of drug-likeness (QED) is 0.196. The van der Waals surface area contributed by atoms with E-state index >= 15 is 0 Å². The SMILES string of the molecule is CN=C(NCCNS(=O)(=O)c1cccnc1)NC1CC=CC1.I. The molecule has 0 amide bonds. The number of guanidine groups is 1. The number of aromatic nitrogens is 1. The first-order chi connectivity index (χ1) is 10.6. The van der Waals surface area contributed by atoms with Gasteiger partial charge in [-0.25, -0.2) is 13.1 Å².